The zero-order chi connectivity index (χ0) is 14.8. The molecule has 0 saturated carbocycles. The van der Waals surface area contributed by atoms with Gasteiger partial charge in [0.1, 0.15) is 0 Å². The summed E-state index contributed by atoms with van der Waals surface area (Å²) < 4.78 is 27.1. The van der Waals surface area contributed by atoms with Crippen molar-refractivity contribution in [2.24, 2.45) is 0 Å². The molecule has 2 rings (SSSR count). The van der Waals surface area contributed by atoms with Gasteiger partial charge in [-0.2, -0.15) is 0 Å². The van der Waals surface area contributed by atoms with E-state index in [1.807, 2.05) is 0 Å². The minimum absolute atomic E-state index is 0.0686. The van der Waals surface area contributed by atoms with E-state index in [0.29, 0.717) is 5.56 Å². The number of nitrogens with zero attached hydrogens (tertiary/aromatic N) is 1. The average molecular weight is 299 g/mol. The quantitative estimate of drug-likeness (QED) is 0.636. The maximum Gasteiger partial charge on any atom is 0.272 e. The Bertz CT molecular complexity index is 609. The van der Waals surface area contributed by atoms with Gasteiger partial charge in [0.05, 0.1) is 9.82 Å². The van der Waals surface area contributed by atoms with Crippen LogP contribution in [0.3, 0.4) is 0 Å². The van der Waals surface area contributed by atoms with Gasteiger partial charge >= 0.3 is 0 Å². The number of rotatable bonds is 4. The summed E-state index contributed by atoms with van der Waals surface area (Å²) in [5.41, 5.74) is 0.258. The maximum atomic E-state index is 12.2. The number of nitrogens with one attached hydrogen (secondary N) is 2. The molecule has 0 bridgehead atoms. The number of aryl methyl sites for hydroxylation is 1. The van der Waals surface area contributed by atoms with Gasteiger partial charge in [0, 0.05) is 17.7 Å². The Hall–Kier alpha value is -1.51. The first-order valence-corrected chi connectivity index (χ1v) is 7.86. The molecule has 0 aromatic heterocycles. The lowest BCUT2D eigenvalue weighted by molar-refractivity contribution is -0.385. The van der Waals surface area contributed by atoms with Crippen LogP contribution in [0.5, 0.6) is 0 Å². The Morgan fingerprint density at radius 1 is 1.35 bits per heavy atom. The predicted octanol–water partition coefficient (Wildman–Crippen LogP) is 0.934. The molecule has 20 heavy (non-hydrogen) atoms. The molecule has 1 heterocycles. The van der Waals surface area contributed by atoms with Crippen molar-refractivity contribution >= 4 is 15.7 Å². The molecular weight excluding hydrogens is 282 g/mol. The van der Waals surface area contributed by atoms with Gasteiger partial charge in [-0.25, -0.2) is 13.1 Å². The summed E-state index contributed by atoms with van der Waals surface area (Å²) >= 11 is 0. The first kappa shape index (κ1) is 14.9. The number of nitro groups is 1. The summed E-state index contributed by atoms with van der Waals surface area (Å²) in [6, 6.07) is 3.75. The fourth-order valence-corrected chi connectivity index (χ4v) is 3.62. The van der Waals surface area contributed by atoms with Crippen molar-refractivity contribution in [2.45, 2.75) is 30.7 Å². The predicted molar refractivity (Wildman–Crippen MR) is 74.0 cm³/mol. The minimum Gasteiger partial charge on any atom is -0.317 e. The fourth-order valence-electron chi connectivity index (χ4n) is 2.23. The zero-order valence-electron chi connectivity index (χ0n) is 11.1. The molecular formula is C12H17N3O4S. The second kappa shape index (κ2) is 5.86. The van der Waals surface area contributed by atoms with Gasteiger partial charge in [0.25, 0.3) is 5.69 Å². The van der Waals surface area contributed by atoms with E-state index in [2.05, 4.69) is 10.0 Å². The highest BCUT2D eigenvalue weighted by atomic mass is 32.2. The van der Waals surface area contributed by atoms with E-state index < -0.39 is 14.9 Å². The lowest BCUT2D eigenvalue weighted by Gasteiger charge is -2.23. The molecule has 1 aliphatic rings. The molecule has 2 N–H and O–H groups in total. The molecule has 8 heteroatoms. The van der Waals surface area contributed by atoms with Crippen LogP contribution >= 0.6 is 0 Å². The molecule has 0 aliphatic carbocycles. The normalized spacial score (nSPS) is 17.1. The van der Waals surface area contributed by atoms with Gasteiger partial charge in [-0.05, 0) is 45.0 Å². The Kier molecular flexibility index (Phi) is 4.36. The second-order valence-corrected chi connectivity index (χ2v) is 6.56. The van der Waals surface area contributed by atoms with Crippen LogP contribution in [0.4, 0.5) is 5.69 Å². The number of nitro benzene ring substituents is 1. The van der Waals surface area contributed by atoms with Crippen LogP contribution in [0.2, 0.25) is 0 Å². The molecule has 0 spiro atoms. The summed E-state index contributed by atoms with van der Waals surface area (Å²) in [6.07, 6.45) is 1.48. The van der Waals surface area contributed by atoms with E-state index in [9.17, 15) is 18.5 Å². The molecule has 1 aromatic carbocycles. The van der Waals surface area contributed by atoms with Crippen molar-refractivity contribution in [2.75, 3.05) is 13.1 Å². The van der Waals surface area contributed by atoms with Gasteiger partial charge in [-0.15, -0.1) is 0 Å². The van der Waals surface area contributed by atoms with E-state index in [1.54, 1.807) is 0 Å². The molecule has 0 atom stereocenters. The molecule has 110 valence electrons. The number of hydrogen-bond acceptors (Lipinski definition) is 5. The fraction of sp³-hybridized carbons (Fsp3) is 0.500. The van der Waals surface area contributed by atoms with E-state index in [0.717, 1.165) is 25.9 Å². The SMILES string of the molecule is Cc1cc(S(=O)(=O)NC2CCNCC2)ccc1[N+](=O)[O-]. The summed E-state index contributed by atoms with van der Waals surface area (Å²) in [4.78, 5) is 10.3. The van der Waals surface area contributed by atoms with Crippen LogP contribution in [0.25, 0.3) is 0 Å². The standard InChI is InChI=1S/C12H17N3O4S/c1-9-8-11(2-3-12(9)15(16)17)20(18,19)14-10-4-6-13-7-5-10/h2-3,8,10,13-14H,4-7H2,1H3. The molecule has 0 unspecified atom stereocenters. The smallest absolute Gasteiger partial charge is 0.272 e. The Balaban J connectivity index is 2.20. The van der Waals surface area contributed by atoms with Crippen molar-refractivity contribution in [3.63, 3.8) is 0 Å². The van der Waals surface area contributed by atoms with Crippen LogP contribution in [-0.4, -0.2) is 32.5 Å². The van der Waals surface area contributed by atoms with Crippen molar-refractivity contribution < 1.29 is 13.3 Å². The maximum absolute atomic E-state index is 12.2. The van der Waals surface area contributed by atoms with Crippen molar-refractivity contribution in [1.29, 1.82) is 0 Å². The summed E-state index contributed by atoms with van der Waals surface area (Å²) in [6.45, 7) is 3.10. The van der Waals surface area contributed by atoms with Crippen molar-refractivity contribution in [3.05, 3.63) is 33.9 Å². The summed E-state index contributed by atoms with van der Waals surface area (Å²) in [5, 5.41) is 13.9. The highest BCUT2D eigenvalue weighted by Gasteiger charge is 2.23. The zero-order valence-corrected chi connectivity index (χ0v) is 11.9. The Labute approximate surface area is 117 Å². The first-order valence-electron chi connectivity index (χ1n) is 6.38. The van der Waals surface area contributed by atoms with E-state index in [1.165, 1.54) is 25.1 Å². The third kappa shape index (κ3) is 3.33. The topological polar surface area (TPSA) is 101 Å². The van der Waals surface area contributed by atoms with Crippen LogP contribution in [0.1, 0.15) is 18.4 Å². The molecule has 1 saturated heterocycles. The van der Waals surface area contributed by atoms with Gasteiger partial charge in [0.2, 0.25) is 10.0 Å². The summed E-state index contributed by atoms with van der Waals surface area (Å²) in [5.74, 6) is 0. The van der Waals surface area contributed by atoms with Crippen molar-refractivity contribution in [3.8, 4) is 0 Å². The Morgan fingerprint density at radius 2 is 2.00 bits per heavy atom. The Morgan fingerprint density at radius 3 is 2.55 bits per heavy atom. The lowest BCUT2D eigenvalue weighted by Crippen LogP contribution is -2.42. The third-order valence-corrected chi connectivity index (χ3v) is 4.85. The van der Waals surface area contributed by atoms with E-state index in [-0.39, 0.29) is 16.6 Å². The third-order valence-electron chi connectivity index (χ3n) is 3.34. The largest absolute Gasteiger partial charge is 0.317 e. The van der Waals surface area contributed by atoms with Gasteiger partial charge < -0.3 is 5.32 Å². The number of piperidine rings is 1. The van der Waals surface area contributed by atoms with Crippen LogP contribution in [0.15, 0.2) is 23.1 Å². The molecule has 1 fully saturated rings. The van der Waals surface area contributed by atoms with Gasteiger partial charge in [-0.3, -0.25) is 10.1 Å². The highest BCUT2D eigenvalue weighted by molar-refractivity contribution is 7.89. The highest BCUT2D eigenvalue weighted by Crippen LogP contribution is 2.22. The van der Waals surface area contributed by atoms with E-state index in [4.69, 9.17) is 0 Å². The number of hydrogen-bond donors (Lipinski definition) is 2. The molecule has 0 amide bonds. The molecule has 1 aliphatic heterocycles. The van der Waals surface area contributed by atoms with Crippen LogP contribution in [0, 0.1) is 17.0 Å². The monoisotopic (exact) mass is 299 g/mol. The molecule has 1 aromatic rings. The van der Waals surface area contributed by atoms with Gasteiger partial charge in [-0.1, -0.05) is 0 Å². The minimum atomic E-state index is -3.63. The number of benzene rings is 1. The van der Waals surface area contributed by atoms with Gasteiger partial charge in [0.15, 0.2) is 0 Å². The average Bonchev–Trinajstić information content (AvgIpc) is 2.38. The molecule has 0 radical (unpaired) electrons. The second-order valence-electron chi connectivity index (χ2n) is 4.85. The lowest BCUT2D eigenvalue weighted by atomic mass is 10.1. The first-order chi connectivity index (χ1) is 9.40. The van der Waals surface area contributed by atoms with E-state index >= 15 is 0 Å². The molecule has 7 nitrogen and oxygen atoms in total. The number of sulfonamides is 1. The van der Waals surface area contributed by atoms with Crippen molar-refractivity contribution in [1.82, 2.24) is 10.0 Å². The van der Waals surface area contributed by atoms with Crippen LogP contribution < -0.4 is 10.0 Å². The summed E-state index contributed by atoms with van der Waals surface area (Å²) in [7, 11) is -3.63. The van der Waals surface area contributed by atoms with Crippen LogP contribution in [-0.2, 0) is 10.0 Å².